The topological polar surface area (TPSA) is 55.6 Å². The van der Waals surface area contributed by atoms with Gasteiger partial charge in [0.15, 0.2) is 5.82 Å². The third-order valence-corrected chi connectivity index (χ3v) is 3.10. The summed E-state index contributed by atoms with van der Waals surface area (Å²) in [6.07, 6.45) is 5.30. The van der Waals surface area contributed by atoms with Gasteiger partial charge in [0.25, 0.3) is 0 Å². The molecule has 0 spiro atoms. The Balaban J connectivity index is 1.69. The largest absolute Gasteiger partial charge is 0.381 e. The molecule has 0 radical (unpaired) electrons. The number of hydrogen-bond acceptors (Lipinski definition) is 4. The van der Waals surface area contributed by atoms with Crippen LogP contribution in [0.25, 0.3) is 11.4 Å². The van der Waals surface area contributed by atoms with Gasteiger partial charge in [0.1, 0.15) is 6.33 Å². The summed E-state index contributed by atoms with van der Waals surface area (Å²) in [5, 5.41) is 11.4. The van der Waals surface area contributed by atoms with E-state index in [9.17, 15) is 0 Å². The minimum Gasteiger partial charge on any atom is -0.381 e. The van der Waals surface area contributed by atoms with Crippen LogP contribution < -0.4 is 5.32 Å². The summed E-state index contributed by atoms with van der Waals surface area (Å²) in [6.45, 7) is 0.784. The molecule has 0 fully saturated rings. The third-order valence-electron chi connectivity index (χ3n) is 3.10. The first-order valence-corrected chi connectivity index (χ1v) is 6.40. The molecule has 3 aromatic rings. The average molecular weight is 265 g/mol. The van der Waals surface area contributed by atoms with Crippen molar-refractivity contribution in [1.82, 2.24) is 19.7 Å². The molecule has 1 N–H and O–H groups in total. The summed E-state index contributed by atoms with van der Waals surface area (Å²) in [7, 11) is 1.94. The molecule has 0 unspecified atom stereocenters. The van der Waals surface area contributed by atoms with E-state index < -0.39 is 0 Å². The Kier molecular flexibility index (Phi) is 3.41. The summed E-state index contributed by atoms with van der Waals surface area (Å²) in [6, 6.07) is 12.2. The quantitative estimate of drug-likeness (QED) is 0.787. The number of pyridine rings is 1. The maximum atomic E-state index is 4.09. The normalized spacial score (nSPS) is 10.4. The standard InChI is InChI=1S/C15H15N5/c1-20-11-18-19-15(20)13-2-4-14(5-3-13)17-10-12-6-8-16-9-7-12/h2-9,11,17H,10H2,1H3. The van der Waals surface area contributed by atoms with Crippen LogP contribution in [0.1, 0.15) is 5.56 Å². The van der Waals surface area contributed by atoms with Gasteiger partial charge in [-0.1, -0.05) is 0 Å². The van der Waals surface area contributed by atoms with Crippen molar-refractivity contribution in [1.29, 1.82) is 0 Å². The second kappa shape index (κ2) is 5.52. The lowest BCUT2D eigenvalue weighted by Crippen LogP contribution is -1.99. The molecule has 1 aromatic carbocycles. The highest BCUT2D eigenvalue weighted by Gasteiger charge is 2.03. The van der Waals surface area contributed by atoms with Gasteiger partial charge in [-0.05, 0) is 42.0 Å². The van der Waals surface area contributed by atoms with Gasteiger partial charge < -0.3 is 9.88 Å². The van der Waals surface area contributed by atoms with E-state index >= 15 is 0 Å². The Hall–Kier alpha value is -2.69. The van der Waals surface area contributed by atoms with Crippen LogP contribution in [0.15, 0.2) is 55.1 Å². The highest BCUT2D eigenvalue weighted by atomic mass is 15.2. The first-order chi connectivity index (χ1) is 9.83. The van der Waals surface area contributed by atoms with Crippen LogP contribution in [0, 0.1) is 0 Å². The zero-order chi connectivity index (χ0) is 13.8. The second-order valence-corrected chi connectivity index (χ2v) is 4.55. The maximum Gasteiger partial charge on any atom is 0.163 e. The van der Waals surface area contributed by atoms with Crippen LogP contribution in [0.3, 0.4) is 0 Å². The third kappa shape index (κ3) is 2.66. The zero-order valence-electron chi connectivity index (χ0n) is 11.2. The van der Waals surface area contributed by atoms with Crippen LogP contribution in [0.5, 0.6) is 0 Å². The summed E-state index contributed by atoms with van der Waals surface area (Å²) in [4.78, 5) is 4.01. The lowest BCUT2D eigenvalue weighted by atomic mass is 10.2. The van der Waals surface area contributed by atoms with E-state index in [1.807, 2.05) is 48.0 Å². The molecule has 20 heavy (non-hydrogen) atoms. The monoisotopic (exact) mass is 265 g/mol. The van der Waals surface area contributed by atoms with E-state index in [-0.39, 0.29) is 0 Å². The zero-order valence-corrected chi connectivity index (χ0v) is 11.2. The molecule has 2 heterocycles. The van der Waals surface area contributed by atoms with Crippen molar-refractivity contribution in [2.45, 2.75) is 6.54 Å². The van der Waals surface area contributed by atoms with Gasteiger partial charge in [-0.2, -0.15) is 0 Å². The molecule has 0 aliphatic rings. The molecular formula is C15H15N5. The van der Waals surface area contributed by atoms with Crippen LogP contribution in [0.4, 0.5) is 5.69 Å². The summed E-state index contributed by atoms with van der Waals surface area (Å²) >= 11 is 0. The van der Waals surface area contributed by atoms with E-state index in [2.05, 4.69) is 20.5 Å². The number of nitrogens with zero attached hydrogens (tertiary/aromatic N) is 4. The van der Waals surface area contributed by atoms with E-state index in [4.69, 9.17) is 0 Å². The van der Waals surface area contributed by atoms with Crippen molar-refractivity contribution < 1.29 is 0 Å². The number of aromatic nitrogens is 4. The summed E-state index contributed by atoms with van der Waals surface area (Å²) in [5.41, 5.74) is 3.34. The average Bonchev–Trinajstić information content (AvgIpc) is 2.93. The Morgan fingerprint density at radius 3 is 2.45 bits per heavy atom. The fourth-order valence-corrected chi connectivity index (χ4v) is 1.99. The highest BCUT2D eigenvalue weighted by molar-refractivity contribution is 5.59. The minimum atomic E-state index is 0.784. The molecule has 0 saturated heterocycles. The number of nitrogens with one attached hydrogen (secondary N) is 1. The second-order valence-electron chi connectivity index (χ2n) is 4.55. The van der Waals surface area contributed by atoms with Crippen molar-refractivity contribution in [2.24, 2.45) is 7.05 Å². The van der Waals surface area contributed by atoms with Gasteiger partial charge >= 0.3 is 0 Å². The van der Waals surface area contributed by atoms with Gasteiger partial charge in [0.2, 0.25) is 0 Å². The summed E-state index contributed by atoms with van der Waals surface area (Å²) in [5.74, 6) is 0.866. The van der Waals surface area contributed by atoms with E-state index in [0.29, 0.717) is 0 Å². The molecular weight excluding hydrogens is 250 g/mol. The molecule has 0 aliphatic heterocycles. The molecule has 100 valence electrons. The minimum absolute atomic E-state index is 0.784. The molecule has 0 aliphatic carbocycles. The van der Waals surface area contributed by atoms with E-state index in [0.717, 1.165) is 23.6 Å². The summed E-state index contributed by atoms with van der Waals surface area (Å²) < 4.78 is 1.90. The Morgan fingerprint density at radius 1 is 1.05 bits per heavy atom. The van der Waals surface area contributed by atoms with Crippen molar-refractivity contribution >= 4 is 5.69 Å². The first-order valence-electron chi connectivity index (χ1n) is 6.40. The number of rotatable bonds is 4. The number of hydrogen-bond donors (Lipinski definition) is 1. The SMILES string of the molecule is Cn1cnnc1-c1ccc(NCc2ccncc2)cc1. The molecule has 0 amide bonds. The van der Waals surface area contributed by atoms with Gasteiger partial charge in [-0.15, -0.1) is 10.2 Å². The number of aryl methyl sites for hydroxylation is 1. The van der Waals surface area contributed by atoms with Gasteiger partial charge in [-0.3, -0.25) is 4.98 Å². The van der Waals surface area contributed by atoms with E-state index in [1.54, 1.807) is 18.7 Å². The predicted molar refractivity (Wildman–Crippen MR) is 78.0 cm³/mol. The Bertz CT molecular complexity index is 673. The molecule has 0 saturated carbocycles. The lowest BCUT2D eigenvalue weighted by molar-refractivity contribution is 0.920. The molecule has 5 nitrogen and oxygen atoms in total. The number of anilines is 1. The molecule has 0 atom stereocenters. The molecule has 3 rings (SSSR count). The fraction of sp³-hybridized carbons (Fsp3) is 0.133. The van der Waals surface area contributed by atoms with Crippen molar-refractivity contribution in [2.75, 3.05) is 5.32 Å². The Morgan fingerprint density at radius 2 is 1.80 bits per heavy atom. The lowest BCUT2D eigenvalue weighted by Gasteiger charge is -2.07. The first kappa shape index (κ1) is 12.3. The van der Waals surface area contributed by atoms with Crippen LogP contribution in [-0.4, -0.2) is 19.7 Å². The number of benzene rings is 1. The smallest absolute Gasteiger partial charge is 0.163 e. The predicted octanol–water partition coefficient (Wildman–Crippen LogP) is 2.49. The maximum absolute atomic E-state index is 4.09. The van der Waals surface area contributed by atoms with Crippen molar-refractivity contribution in [3.63, 3.8) is 0 Å². The van der Waals surface area contributed by atoms with Crippen molar-refractivity contribution in [3.05, 3.63) is 60.7 Å². The van der Waals surface area contributed by atoms with Crippen LogP contribution in [-0.2, 0) is 13.6 Å². The van der Waals surface area contributed by atoms with Gasteiger partial charge in [-0.25, -0.2) is 0 Å². The van der Waals surface area contributed by atoms with Crippen LogP contribution >= 0.6 is 0 Å². The Labute approximate surface area is 117 Å². The van der Waals surface area contributed by atoms with Crippen LogP contribution in [0.2, 0.25) is 0 Å². The molecule has 0 bridgehead atoms. The molecule has 5 heteroatoms. The highest BCUT2D eigenvalue weighted by Crippen LogP contribution is 2.18. The molecule has 2 aromatic heterocycles. The van der Waals surface area contributed by atoms with Gasteiger partial charge in [0, 0.05) is 37.2 Å². The van der Waals surface area contributed by atoms with Gasteiger partial charge in [0.05, 0.1) is 0 Å². The van der Waals surface area contributed by atoms with Crippen molar-refractivity contribution in [3.8, 4) is 11.4 Å². The van der Waals surface area contributed by atoms with E-state index in [1.165, 1.54) is 5.56 Å². The fourth-order valence-electron chi connectivity index (χ4n) is 1.99.